The number of aromatic nitrogens is 1. The maximum Gasteiger partial charge on any atom is 0.131 e. The van der Waals surface area contributed by atoms with Crippen LogP contribution in [0.4, 0.5) is 5.82 Å². The third-order valence-corrected chi connectivity index (χ3v) is 4.28. The number of rotatable bonds is 6. The summed E-state index contributed by atoms with van der Waals surface area (Å²) in [5.74, 6) is 1.52. The van der Waals surface area contributed by atoms with Crippen molar-refractivity contribution in [2.75, 3.05) is 18.9 Å². The number of nitrogens with two attached hydrogens (primary N) is 2. The first-order chi connectivity index (χ1) is 12.6. The average molecular weight is 349 g/mol. The summed E-state index contributed by atoms with van der Waals surface area (Å²) in [6.45, 7) is 3.06. The van der Waals surface area contributed by atoms with Crippen LogP contribution < -0.4 is 16.2 Å². The molecule has 5 nitrogen and oxygen atoms in total. The Labute approximate surface area is 153 Å². The molecule has 0 unspecified atom stereocenters. The molecule has 5 N–H and O–H groups in total. The molecule has 1 heterocycles. The molecule has 0 fully saturated rings. The van der Waals surface area contributed by atoms with E-state index in [1.807, 2.05) is 36.4 Å². The maximum atomic E-state index is 9.54. The molecule has 0 bridgehead atoms. The second-order valence-corrected chi connectivity index (χ2v) is 5.97. The number of anilines is 1. The number of nitrogen functional groups attached to an aromatic ring is 1. The van der Waals surface area contributed by atoms with Crippen LogP contribution in [0, 0.1) is 0 Å². The molecule has 5 heteroatoms. The van der Waals surface area contributed by atoms with Gasteiger partial charge in [-0.15, -0.1) is 0 Å². The van der Waals surface area contributed by atoms with Gasteiger partial charge in [-0.05, 0) is 47.4 Å². The van der Waals surface area contributed by atoms with Crippen LogP contribution >= 0.6 is 0 Å². The lowest BCUT2D eigenvalue weighted by molar-refractivity contribution is 0.328. The van der Waals surface area contributed by atoms with Gasteiger partial charge in [0.2, 0.25) is 0 Å². The lowest BCUT2D eigenvalue weighted by atomic mass is 9.92. The Kier molecular flexibility index (Phi) is 5.39. The fourth-order valence-electron chi connectivity index (χ4n) is 3.04. The predicted octanol–water partition coefficient (Wildman–Crippen LogP) is 3.60. The summed E-state index contributed by atoms with van der Waals surface area (Å²) in [4.78, 5) is 4.40. The highest BCUT2D eigenvalue weighted by Crippen LogP contribution is 2.36. The Hall–Kier alpha value is -3.05. The van der Waals surface area contributed by atoms with Gasteiger partial charge in [-0.1, -0.05) is 31.2 Å². The molecule has 3 aromatic rings. The highest BCUT2D eigenvalue weighted by molar-refractivity contribution is 5.84. The number of hydrogen-bond donors (Lipinski definition) is 3. The molecule has 26 heavy (non-hydrogen) atoms. The van der Waals surface area contributed by atoms with Gasteiger partial charge in [-0.25, -0.2) is 4.98 Å². The number of phenols is 1. The van der Waals surface area contributed by atoms with E-state index in [0.29, 0.717) is 19.0 Å². The zero-order chi connectivity index (χ0) is 18.5. The number of pyridine rings is 1. The van der Waals surface area contributed by atoms with Crippen molar-refractivity contribution >= 4 is 5.82 Å². The van der Waals surface area contributed by atoms with Crippen molar-refractivity contribution in [2.24, 2.45) is 5.73 Å². The summed E-state index contributed by atoms with van der Waals surface area (Å²) in [6.07, 6.45) is 2.60. The van der Waals surface area contributed by atoms with Gasteiger partial charge in [0, 0.05) is 23.9 Å². The minimum Gasteiger partial charge on any atom is -0.508 e. The van der Waals surface area contributed by atoms with Crippen LogP contribution in [0.5, 0.6) is 11.5 Å². The van der Waals surface area contributed by atoms with Gasteiger partial charge < -0.3 is 21.3 Å². The van der Waals surface area contributed by atoms with Gasteiger partial charge in [-0.3, -0.25) is 0 Å². The van der Waals surface area contributed by atoms with Crippen molar-refractivity contribution in [2.45, 2.75) is 13.3 Å². The largest absolute Gasteiger partial charge is 0.508 e. The van der Waals surface area contributed by atoms with Crippen LogP contribution in [0.1, 0.15) is 12.5 Å². The van der Waals surface area contributed by atoms with Crippen molar-refractivity contribution < 1.29 is 9.84 Å². The fraction of sp³-hybridized carbons (Fsp3) is 0.190. The molecule has 0 radical (unpaired) electrons. The van der Waals surface area contributed by atoms with E-state index in [-0.39, 0.29) is 5.75 Å². The van der Waals surface area contributed by atoms with Crippen LogP contribution in [-0.4, -0.2) is 23.2 Å². The topological polar surface area (TPSA) is 94.4 Å². The Bertz CT molecular complexity index is 875. The Morgan fingerprint density at radius 1 is 1.00 bits per heavy atom. The zero-order valence-electron chi connectivity index (χ0n) is 14.8. The second-order valence-electron chi connectivity index (χ2n) is 5.97. The van der Waals surface area contributed by atoms with Crippen LogP contribution in [0.3, 0.4) is 0 Å². The van der Waals surface area contributed by atoms with E-state index in [4.69, 9.17) is 16.2 Å². The lowest BCUT2D eigenvalue weighted by Crippen LogP contribution is -2.10. The number of hydrogen-bond acceptors (Lipinski definition) is 5. The first-order valence-electron chi connectivity index (χ1n) is 8.64. The second kappa shape index (κ2) is 7.89. The van der Waals surface area contributed by atoms with E-state index in [1.54, 1.807) is 18.3 Å². The van der Waals surface area contributed by atoms with Crippen LogP contribution in [-0.2, 0) is 6.42 Å². The molecule has 0 aliphatic carbocycles. The van der Waals surface area contributed by atoms with Crippen molar-refractivity contribution in [1.82, 2.24) is 4.98 Å². The summed E-state index contributed by atoms with van der Waals surface area (Å²) in [7, 11) is 0. The summed E-state index contributed by atoms with van der Waals surface area (Å²) >= 11 is 0. The van der Waals surface area contributed by atoms with E-state index in [9.17, 15) is 5.11 Å². The van der Waals surface area contributed by atoms with Gasteiger partial charge in [0.05, 0.1) is 0 Å². The summed E-state index contributed by atoms with van der Waals surface area (Å²) in [5.41, 5.74) is 16.8. The first kappa shape index (κ1) is 17.8. The monoisotopic (exact) mass is 349 g/mol. The Morgan fingerprint density at radius 2 is 1.65 bits per heavy atom. The summed E-state index contributed by atoms with van der Waals surface area (Å²) in [5, 5.41) is 9.54. The van der Waals surface area contributed by atoms with Gasteiger partial charge in [-0.2, -0.15) is 0 Å². The van der Waals surface area contributed by atoms with E-state index >= 15 is 0 Å². The highest BCUT2D eigenvalue weighted by Gasteiger charge is 2.15. The molecule has 1 aromatic heterocycles. The fourth-order valence-corrected chi connectivity index (χ4v) is 3.04. The molecule has 0 amide bonds. The van der Waals surface area contributed by atoms with Crippen LogP contribution in [0.15, 0.2) is 54.7 Å². The number of phenolic OH excluding ortho intramolecular Hbond substituents is 1. The third-order valence-electron chi connectivity index (χ3n) is 4.28. The standard InChI is InChI=1S/C21H23N3O2/c1-2-18-19(14-3-7-16(25)8-4-14)13-24-21(23)20(18)15-5-9-17(10-6-15)26-12-11-22/h3-10,13,25H,2,11-12,22H2,1H3,(H2,23,24). The smallest absolute Gasteiger partial charge is 0.131 e. The minimum atomic E-state index is 0.239. The minimum absolute atomic E-state index is 0.239. The Morgan fingerprint density at radius 3 is 2.27 bits per heavy atom. The number of benzene rings is 2. The Balaban J connectivity index is 2.06. The van der Waals surface area contributed by atoms with E-state index < -0.39 is 0 Å². The number of aromatic hydroxyl groups is 1. The molecule has 0 spiro atoms. The molecular weight excluding hydrogens is 326 g/mol. The summed E-state index contributed by atoms with van der Waals surface area (Å²) in [6, 6.07) is 14.9. The molecule has 0 atom stereocenters. The van der Waals surface area contributed by atoms with E-state index in [0.717, 1.165) is 40.0 Å². The highest BCUT2D eigenvalue weighted by atomic mass is 16.5. The predicted molar refractivity (Wildman–Crippen MR) is 105 cm³/mol. The molecule has 3 rings (SSSR count). The van der Waals surface area contributed by atoms with Gasteiger partial charge >= 0.3 is 0 Å². The summed E-state index contributed by atoms with van der Waals surface area (Å²) < 4.78 is 5.54. The van der Waals surface area contributed by atoms with Crippen LogP contribution in [0.2, 0.25) is 0 Å². The molecular formula is C21H23N3O2. The molecule has 0 aliphatic rings. The van der Waals surface area contributed by atoms with Crippen molar-refractivity contribution in [3.8, 4) is 33.8 Å². The normalized spacial score (nSPS) is 10.7. The van der Waals surface area contributed by atoms with Gasteiger partial charge in [0.25, 0.3) is 0 Å². The zero-order valence-corrected chi connectivity index (χ0v) is 14.8. The van der Waals surface area contributed by atoms with Crippen LogP contribution in [0.25, 0.3) is 22.3 Å². The lowest BCUT2D eigenvalue weighted by Gasteiger charge is -2.16. The maximum absolute atomic E-state index is 9.54. The van der Waals surface area contributed by atoms with Crippen molar-refractivity contribution in [3.05, 3.63) is 60.3 Å². The molecule has 0 aliphatic heterocycles. The molecule has 2 aromatic carbocycles. The average Bonchev–Trinajstić information content (AvgIpc) is 2.67. The third kappa shape index (κ3) is 3.63. The molecule has 134 valence electrons. The number of ether oxygens (including phenoxy) is 1. The van der Waals surface area contributed by atoms with Crippen molar-refractivity contribution in [1.29, 1.82) is 0 Å². The van der Waals surface area contributed by atoms with Gasteiger partial charge in [0.1, 0.15) is 23.9 Å². The van der Waals surface area contributed by atoms with E-state index in [1.165, 1.54) is 0 Å². The van der Waals surface area contributed by atoms with Crippen molar-refractivity contribution in [3.63, 3.8) is 0 Å². The first-order valence-corrected chi connectivity index (χ1v) is 8.64. The molecule has 0 saturated heterocycles. The van der Waals surface area contributed by atoms with Gasteiger partial charge in [0.15, 0.2) is 0 Å². The molecule has 0 saturated carbocycles. The SMILES string of the molecule is CCc1c(-c2ccc(O)cc2)cnc(N)c1-c1ccc(OCCN)cc1. The van der Waals surface area contributed by atoms with E-state index in [2.05, 4.69) is 11.9 Å². The quantitative estimate of drug-likeness (QED) is 0.632. The number of nitrogens with zero attached hydrogens (tertiary/aromatic N) is 1.